The summed E-state index contributed by atoms with van der Waals surface area (Å²) in [6.07, 6.45) is 4.02. The largest absolute Gasteiger partial charge is 0.398 e. The van der Waals surface area contributed by atoms with Crippen LogP contribution in [0.4, 0.5) is 10.1 Å². The van der Waals surface area contributed by atoms with Crippen molar-refractivity contribution in [3.05, 3.63) is 24.0 Å². The van der Waals surface area contributed by atoms with E-state index in [1.807, 2.05) is 0 Å². The fourth-order valence-corrected chi connectivity index (χ4v) is 4.95. The molecule has 0 aromatic heterocycles. The van der Waals surface area contributed by atoms with Gasteiger partial charge in [0.15, 0.2) is 0 Å². The zero-order valence-corrected chi connectivity index (χ0v) is 12.6. The van der Waals surface area contributed by atoms with Crippen molar-refractivity contribution < 1.29 is 12.8 Å². The van der Waals surface area contributed by atoms with Gasteiger partial charge in [-0.2, -0.15) is 0 Å². The van der Waals surface area contributed by atoms with Crippen LogP contribution in [0.3, 0.4) is 0 Å². The average molecular weight is 313 g/mol. The smallest absolute Gasteiger partial charge is 0.245 e. The first-order chi connectivity index (χ1) is 9.99. The van der Waals surface area contributed by atoms with E-state index in [2.05, 4.69) is 9.62 Å². The highest BCUT2D eigenvalue weighted by Gasteiger charge is 2.38. The Bertz CT molecular complexity index is 615. The van der Waals surface area contributed by atoms with Gasteiger partial charge in [0.2, 0.25) is 10.0 Å². The van der Waals surface area contributed by atoms with Crippen molar-refractivity contribution in [2.75, 3.05) is 18.8 Å². The minimum atomic E-state index is -3.93. The number of nitrogens with zero attached hydrogens (tertiary/aromatic N) is 1. The number of nitrogens with two attached hydrogens (primary N) is 1. The second-order valence-corrected chi connectivity index (χ2v) is 7.42. The molecule has 3 rings (SSSR count). The summed E-state index contributed by atoms with van der Waals surface area (Å²) in [5.41, 5.74) is 5.59. The first kappa shape index (κ1) is 14.7. The summed E-state index contributed by atoms with van der Waals surface area (Å²) in [5, 5.41) is 0. The topological polar surface area (TPSA) is 75.4 Å². The summed E-state index contributed by atoms with van der Waals surface area (Å²) in [5.74, 6) is -0.805. The quantitative estimate of drug-likeness (QED) is 0.825. The fraction of sp³-hybridized carbons (Fsp3) is 0.571. The number of fused-ring (bicyclic) bond motifs is 1. The molecule has 21 heavy (non-hydrogen) atoms. The van der Waals surface area contributed by atoms with Gasteiger partial charge in [0, 0.05) is 18.6 Å². The van der Waals surface area contributed by atoms with Crippen LogP contribution in [0.25, 0.3) is 0 Å². The first-order valence-corrected chi connectivity index (χ1v) is 8.78. The van der Waals surface area contributed by atoms with Gasteiger partial charge in [-0.15, -0.1) is 0 Å². The molecular weight excluding hydrogens is 293 g/mol. The maximum Gasteiger partial charge on any atom is 0.245 e. The van der Waals surface area contributed by atoms with Crippen LogP contribution in [-0.4, -0.2) is 38.5 Å². The molecule has 2 unspecified atom stereocenters. The molecule has 2 fully saturated rings. The van der Waals surface area contributed by atoms with Crippen LogP contribution in [0.1, 0.15) is 25.7 Å². The van der Waals surface area contributed by atoms with Gasteiger partial charge < -0.3 is 5.73 Å². The van der Waals surface area contributed by atoms with E-state index in [0.29, 0.717) is 0 Å². The lowest BCUT2D eigenvalue weighted by molar-refractivity contribution is 0.186. The second-order valence-electron chi connectivity index (χ2n) is 5.77. The van der Waals surface area contributed by atoms with Gasteiger partial charge in [0.05, 0.1) is 5.69 Å². The summed E-state index contributed by atoms with van der Waals surface area (Å²) in [6.45, 7) is 1.91. The lowest BCUT2D eigenvalue weighted by atomic mass is 10.00. The summed E-state index contributed by atoms with van der Waals surface area (Å²) in [7, 11) is -3.93. The maximum atomic E-state index is 13.8. The monoisotopic (exact) mass is 313 g/mol. The summed E-state index contributed by atoms with van der Waals surface area (Å²) in [4.78, 5) is 1.89. The molecular formula is C14H20FN3O2S. The standard InChI is InChI=1S/C14H20FN3O2S/c15-10-4-3-5-11(16)14(10)21(19,20)17-12-7-9-18-8-2-1-6-13(12)18/h3-5,12-13,17H,1-2,6-9,16H2. The number of halogens is 1. The molecule has 2 atom stereocenters. The van der Waals surface area contributed by atoms with E-state index in [9.17, 15) is 12.8 Å². The predicted octanol–water partition coefficient (Wildman–Crippen LogP) is 1.31. The lowest BCUT2D eigenvalue weighted by Crippen LogP contribution is -2.46. The van der Waals surface area contributed by atoms with E-state index < -0.39 is 20.7 Å². The Morgan fingerprint density at radius 3 is 2.81 bits per heavy atom. The number of rotatable bonds is 3. The van der Waals surface area contributed by atoms with Crippen molar-refractivity contribution in [3.63, 3.8) is 0 Å². The molecule has 0 amide bonds. The van der Waals surface area contributed by atoms with Crippen molar-refractivity contribution in [2.24, 2.45) is 0 Å². The van der Waals surface area contributed by atoms with Crippen molar-refractivity contribution in [3.8, 4) is 0 Å². The summed E-state index contributed by atoms with van der Waals surface area (Å²) >= 11 is 0. The number of piperidine rings is 1. The van der Waals surface area contributed by atoms with Gasteiger partial charge in [-0.25, -0.2) is 17.5 Å². The second kappa shape index (κ2) is 5.55. The molecule has 2 aliphatic rings. The van der Waals surface area contributed by atoms with Crippen LogP contribution in [0.15, 0.2) is 23.1 Å². The molecule has 0 saturated carbocycles. The zero-order chi connectivity index (χ0) is 15.0. The first-order valence-electron chi connectivity index (χ1n) is 7.29. The molecule has 1 aromatic carbocycles. The Hall–Kier alpha value is -1.18. The van der Waals surface area contributed by atoms with Crippen molar-refractivity contribution in [1.82, 2.24) is 9.62 Å². The highest BCUT2D eigenvalue weighted by atomic mass is 32.2. The van der Waals surface area contributed by atoms with E-state index >= 15 is 0 Å². The van der Waals surface area contributed by atoms with Crippen LogP contribution < -0.4 is 10.5 Å². The van der Waals surface area contributed by atoms with Crippen LogP contribution in [0.2, 0.25) is 0 Å². The van der Waals surface area contributed by atoms with Crippen LogP contribution >= 0.6 is 0 Å². The predicted molar refractivity (Wildman–Crippen MR) is 78.8 cm³/mol. The molecule has 2 saturated heterocycles. The molecule has 0 spiro atoms. The molecule has 5 nitrogen and oxygen atoms in total. The number of nitrogens with one attached hydrogen (secondary N) is 1. The van der Waals surface area contributed by atoms with E-state index in [1.165, 1.54) is 12.1 Å². The van der Waals surface area contributed by atoms with Crippen molar-refractivity contribution in [2.45, 2.75) is 42.7 Å². The Morgan fingerprint density at radius 1 is 1.24 bits per heavy atom. The number of hydrogen-bond acceptors (Lipinski definition) is 4. The van der Waals surface area contributed by atoms with Crippen LogP contribution in [-0.2, 0) is 10.0 Å². The molecule has 7 heteroatoms. The van der Waals surface area contributed by atoms with Crippen molar-refractivity contribution >= 4 is 15.7 Å². The molecule has 3 N–H and O–H groups in total. The average Bonchev–Trinajstić information content (AvgIpc) is 2.81. The lowest BCUT2D eigenvalue weighted by Gasteiger charge is -2.32. The number of hydrogen-bond donors (Lipinski definition) is 2. The minimum Gasteiger partial charge on any atom is -0.398 e. The number of benzene rings is 1. The van der Waals surface area contributed by atoms with E-state index in [1.54, 1.807) is 0 Å². The number of anilines is 1. The van der Waals surface area contributed by atoms with Gasteiger partial charge >= 0.3 is 0 Å². The van der Waals surface area contributed by atoms with Gasteiger partial charge in [-0.3, -0.25) is 4.90 Å². The third-order valence-electron chi connectivity index (χ3n) is 4.43. The molecule has 1 aromatic rings. The molecule has 0 radical (unpaired) electrons. The highest BCUT2D eigenvalue weighted by Crippen LogP contribution is 2.29. The normalized spacial score (nSPS) is 26.7. The highest BCUT2D eigenvalue weighted by molar-refractivity contribution is 7.89. The maximum absolute atomic E-state index is 13.8. The van der Waals surface area contributed by atoms with E-state index in [-0.39, 0.29) is 17.8 Å². The van der Waals surface area contributed by atoms with Gasteiger partial charge in [-0.05, 0) is 37.9 Å². The van der Waals surface area contributed by atoms with Crippen LogP contribution in [0.5, 0.6) is 0 Å². The Morgan fingerprint density at radius 2 is 2.05 bits per heavy atom. The Labute approximate surface area is 124 Å². The Kier molecular flexibility index (Phi) is 3.90. The number of sulfonamides is 1. The Balaban J connectivity index is 1.84. The van der Waals surface area contributed by atoms with Crippen molar-refractivity contribution in [1.29, 1.82) is 0 Å². The SMILES string of the molecule is Nc1cccc(F)c1S(=O)(=O)NC1CCN2CCCCC12. The zero-order valence-electron chi connectivity index (χ0n) is 11.8. The number of nitrogen functional groups attached to an aromatic ring is 1. The van der Waals surface area contributed by atoms with Crippen LogP contribution in [0, 0.1) is 5.82 Å². The molecule has 0 aliphatic carbocycles. The van der Waals surface area contributed by atoms with Gasteiger partial charge in [0.25, 0.3) is 0 Å². The fourth-order valence-electron chi connectivity index (χ4n) is 3.45. The molecule has 2 heterocycles. The third kappa shape index (κ3) is 2.77. The van der Waals surface area contributed by atoms with E-state index in [0.717, 1.165) is 44.8 Å². The summed E-state index contributed by atoms with van der Waals surface area (Å²) < 4.78 is 41.4. The third-order valence-corrected chi connectivity index (χ3v) is 6.01. The van der Waals surface area contributed by atoms with Gasteiger partial charge in [0.1, 0.15) is 10.7 Å². The van der Waals surface area contributed by atoms with Gasteiger partial charge in [-0.1, -0.05) is 12.5 Å². The minimum absolute atomic E-state index is 0.0546. The summed E-state index contributed by atoms with van der Waals surface area (Å²) in [6, 6.07) is 3.99. The van der Waals surface area contributed by atoms with E-state index in [4.69, 9.17) is 5.73 Å². The molecule has 0 bridgehead atoms. The molecule has 2 aliphatic heterocycles. The molecule has 116 valence electrons.